The molecule has 1 aromatic heterocycles. The van der Waals surface area contributed by atoms with Crippen molar-refractivity contribution in [3.05, 3.63) is 70.1 Å². The van der Waals surface area contributed by atoms with E-state index in [1.54, 1.807) is 0 Å². The molecule has 6 heteroatoms. The van der Waals surface area contributed by atoms with E-state index in [4.69, 9.17) is 4.74 Å². The van der Waals surface area contributed by atoms with Crippen LogP contribution in [0.4, 0.5) is 14.5 Å². The molecule has 2 aliphatic heterocycles. The van der Waals surface area contributed by atoms with Crippen LogP contribution in [0.3, 0.4) is 0 Å². The Morgan fingerprint density at radius 1 is 1.11 bits per heavy atom. The first-order valence-electron chi connectivity index (χ1n) is 8.76. The second-order valence-electron chi connectivity index (χ2n) is 6.71. The van der Waals surface area contributed by atoms with Gasteiger partial charge >= 0.3 is 0 Å². The number of hydrogen-bond donors (Lipinski definition) is 0. The van der Waals surface area contributed by atoms with Crippen LogP contribution in [0.5, 0.6) is 5.75 Å². The van der Waals surface area contributed by atoms with E-state index >= 15 is 0 Å². The van der Waals surface area contributed by atoms with E-state index in [-0.39, 0.29) is 11.6 Å². The van der Waals surface area contributed by atoms with Crippen molar-refractivity contribution in [2.45, 2.75) is 19.4 Å². The average Bonchev–Trinajstić information content (AvgIpc) is 3.11. The predicted octanol–water partition coefficient (Wildman–Crippen LogP) is 5.18. The molecular formula is C21H15F2NO2S. The molecule has 0 bridgehead atoms. The summed E-state index contributed by atoms with van der Waals surface area (Å²) < 4.78 is 33.7. The Hall–Kier alpha value is -2.73. The summed E-state index contributed by atoms with van der Waals surface area (Å²) in [5.74, 6) is -0.747. The van der Waals surface area contributed by atoms with Crippen LogP contribution in [0, 0.1) is 11.6 Å². The fraction of sp³-hybridized carbons (Fsp3) is 0.190. The monoisotopic (exact) mass is 383 g/mol. The highest BCUT2D eigenvalue weighted by Crippen LogP contribution is 2.43. The van der Waals surface area contributed by atoms with Crippen LogP contribution in [-0.4, -0.2) is 12.5 Å². The number of hydrogen-bond acceptors (Lipinski definition) is 3. The first-order valence-corrected chi connectivity index (χ1v) is 9.58. The lowest BCUT2D eigenvalue weighted by molar-refractivity contribution is 0.0988. The zero-order valence-corrected chi connectivity index (χ0v) is 15.1. The van der Waals surface area contributed by atoms with Gasteiger partial charge in [-0.15, -0.1) is 11.3 Å². The number of carbonyl (C=O) groups is 1. The van der Waals surface area contributed by atoms with Crippen LogP contribution in [0.15, 0.2) is 42.5 Å². The van der Waals surface area contributed by atoms with Crippen molar-refractivity contribution in [1.82, 2.24) is 0 Å². The third-order valence-corrected chi connectivity index (χ3v) is 6.18. The lowest BCUT2D eigenvalue weighted by atomic mass is 10.0. The number of carbonyl (C=O) groups excluding carboxylic acids is 1. The van der Waals surface area contributed by atoms with E-state index in [1.807, 2.05) is 30.3 Å². The van der Waals surface area contributed by atoms with Gasteiger partial charge in [0.2, 0.25) is 0 Å². The maximum Gasteiger partial charge on any atom is 0.268 e. The maximum absolute atomic E-state index is 14.4. The summed E-state index contributed by atoms with van der Waals surface area (Å²) in [6.45, 7) is 0.830. The highest BCUT2D eigenvalue weighted by molar-refractivity contribution is 7.17. The van der Waals surface area contributed by atoms with E-state index < -0.39 is 11.6 Å². The molecule has 2 aromatic carbocycles. The molecule has 3 nitrogen and oxygen atoms in total. The maximum atomic E-state index is 14.4. The number of halogens is 2. The molecule has 0 fully saturated rings. The van der Waals surface area contributed by atoms with Crippen LogP contribution in [0.25, 0.3) is 10.4 Å². The number of anilines is 1. The van der Waals surface area contributed by atoms with Gasteiger partial charge in [-0.3, -0.25) is 4.79 Å². The van der Waals surface area contributed by atoms with Crippen LogP contribution in [0.2, 0.25) is 0 Å². The number of benzene rings is 2. The predicted molar refractivity (Wildman–Crippen MR) is 100 cm³/mol. The Labute approximate surface area is 158 Å². The van der Waals surface area contributed by atoms with Crippen molar-refractivity contribution in [3.63, 3.8) is 0 Å². The first-order chi connectivity index (χ1) is 13.1. The van der Waals surface area contributed by atoms with Crippen molar-refractivity contribution in [1.29, 1.82) is 0 Å². The van der Waals surface area contributed by atoms with Gasteiger partial charge in [-0.1, -0.05) is 12.1 Å². The lowest BCUT2D eigenvalue weighted by Crippen LogP contribution is -2.36. The van der Waals surface area contributed by atoms with Gasteiger partial charge < -0.3 is 9.64 Å². The van der Waals surface area contributed by atoms with Crippen LogP contribution < -0.4 is 9.64 Å². The number of rotatable bonds is 1. The van der Waals surface area contributed by atoms with Crippen LogP contribution >= 0.6 is 11.3 Å². The van der Waals surface area contributed by atoms with E-state index in [2.05, 4.69) is 0 Å². The molecule has 2 aliphatic rings. The average molecular weight is 383 g/mol. The number of para-hydroxylation sites is 1. The van der Waals surface area contributed by atoms with Crippen molar-refractivity contribution in [2.24, 2.45) is 0 Å². The van der Waals surface area contributed by atoms with Gasteiger partial charge in [-0.25, -0.2) is 8.78 Å². The molecule has 0 saturated carbocycles. The summed E-state index contributed by atoms with van der Waals surface area (Å²) in [6, 6.07) is 11.7. The van der Waals surface area contributed by atoms with Crippen molar-refractivity contribution >= 4 is 22.9 Å². The molecule has 3 aromatic rings. The highest BCUT2D eigenvalue weighted by atomic mass is 32.1. The second kappa shape index (κ2) is 6.16. The number of thiophene rings is 1. The molecular weight excluding hydrogens is 368 g/mol. The molecule has 0 unspecified atom stereocenters. The zero-order valence-electron chi connectivity index (χ0n) is 14.3. The molecule has 0 aliphatic carbocycles. The minimum absolute atomic E-state index is 0.204. The molecule has 136 valence electrons. The summed E-state index contributed by atoms with van der Waals surface area (Å²) in [6.07, 6.45) is 1.24. The minimum atomic E-state index is -0.687. The molecule has 0 radical (unpaired) electrons. The molecule has 5 rings (SSSR count). The van der Waals surface area contributed by atoms with Crippen LogP contribution in [-0.2, 0) is 13.0 Å². The van der Waals surface area contributed by atoms with Crippen LogP contribution in [0.1, 0.15) is 27.2 Å². The fourth-order valence-corrected chi connectivity index (χ4v) is 4.94. The lowest BCUT2D eigenvalue weighted by Gasteiger charge is -2.29. The van der Waals surface area contributed by atoms with Gasteiger partial charge in [-0.2, -0.15) is 0 Å². The van der Waals surface area contributed by atoms with Crippen molar-refractivity contribution in [3.8, 4) is 16.2 Å². The zero-order chi connectivity index (χ0) is 18.5. The van der Waals surface area contributed by atoms with Gasteiger partial charge in [-0.05, 0) is 42.7 Å². The number of nitrogens with zero attached hydrogens (tertiary/aromatic N) is 1. The standard InChI is InChI=1S/C21H15F2NO2S/c22-14-8-12-4-3-7-24(19(12)16(23)10-14)21(25)18-9-13-11-26-17-6-2-1-5-15(17)20(13)27-18/h1-2,5-6,8-10H,3-4,7,11H2. The highest BCUT2D eigenvalue weighted by Gasteiger charge is 2.30. The molecule has 1 amide bonds. The Morgan fingerprint density at radius 2 is 1.96 bits per heavy atom. The molecule has 3 heterocycles. The van der Waals surface area contributed by atoms with Gasteiger partial charge in [0.05, 0.1) is 10.6 Å². The van der Waals surface area contributed by atoms with Crippen molar-refractivity contribution < 1.29 is 18.3 Å². The quantitative estimate of drug-likeness (QED) is 0.580. The van der Waals surface area contributed by atoms with Gasteiger partial charge in [0, 0.05) is 28.6 Å². The molecule has 27 heavy (non-hydrogen) atoms. The number of ether oxygens (including phenoxy) is 1. The number of aryl methyl sites for hydroxylation is 1. The molecule has 0 saturated heterocycles. The van der Waals surface area contributed by atoms with E-state index in [1.165, 1.54) is 22.3 Å². The Balaban J connectivity index is 1.56. The summed E-state index contributed by atoms with van der Waals surface area (Å²) in [5, 5.41) is 0. The third-order valence-electron chi connectivity index (χ3n) is 4.98. The summed E-state index contributed by atoms with van der Waals surface area (Å²) in [5.41, 5.74) is 2.67. The molecule has 0 spiro atoms. The van der Waals surface area contributed by atoms with Gasteiger partial charge in [0.1, 0.15) is 24.0 Å². The number of amides is 1. The fourth-order valence-electron chi connectivity index (χ4n) is 3.79. The second-order valence-corrected chi connectivity index (χ2v) is 7.76. The molecule has 0 N–H and O–H groups in total. The van der Waals surface area contributed by atoms with Crippen molar-refractivity contribution in [2.75, 3.05) is 11.4 Å². The Bertz CT molecular complexity index is 1080. The van der Waals surface area contributed by atoms with E-state index in [0.717, 1.165) is 27.8 Å². The smallest absolute Gasteiger partial charge is 0.268 e. The summed E-state index contributed by atoms with van der Waals surface area (Å²) in [4.78, 5) is 16.2. The molecule has 0 atom stereocenters. The minimum Gasteiger partial charge on any atom is -0.488 e. The topological polar surface area (TPSA) is 29.5 Å². The summed E-state index contributed by atoms with van der Waals surface area (Å²) >= 11 is 1.40. The third kappa shape index (κ3) is 2.63. The van der Waals surface area contributed by atoms with Gasteiger partial charge in [0.25, 0.3) is 5.91 Å². The first kappa shape index (κ1) is 16.4. The normalized spacial score (nSPS) is 14.8. The summed E-state index contributed by atoms with van der Waals surface area (Å²) in [7, 11) is 0. The number of fused-ring (bicyclic) bond motifs is 4. The van der Waals surface area contributed by atoms with E-state index in [9.17, 15) is 13.6 Å². The largest absolute Gasteiger partial charge is 0.488 e. The van der Waals surface area contributed by atoms with Gasteiger partial charge in [0.15, 0.2) is 0 Å². The SMILES string of the molecule is O=C(c1cc2c(s1)-c1ccccc1OC2)N1CCCc2cc(F)cc(F)c21. The van der Waals surface area contributed by atoms with E-state index in [0.29, 0.717) is 36.4 Å². The Kier molecular flexibility index (Phi) is 3.75. The Morgan fingerprint density at radius 3 is 2.85 bits per heavy atom.